The van der Waals surface area contributed by atoms with Gasteiger partial charge in [-0.3, -0.25) is 0 Å². The van der Waals surface area contributed by atoms with Gasteiger partial charge in [0.05, 0.1) is 0 Å². The molecule has 0 atom stereocenters. The summed E-state index contributed by atoms with van der Waals surface area (Å²) in [4.78, 5) is 11.7. The van der Waals surface area contributed by atoms with Gasteiger partial charge in [-0.05, 0) is 12.5 Å². The number of halogens is 2. The van der Waals surface area contributed by atoms with Crippen LogP contribution in [0.25, 0.3) is 0 Å². The minimum atomic E-state index is -2.60. The van der Waals surface area contributed by atoms with Gasteiger partial charge in [-0.15, -0.1) is 11.3 Å². The SMILES string of the molecule is CCCc1cc(OCC(F)F)c(C(=O)O)s1. The Hall–Kier alpha value is -1.17. The smallest absolute Gasteiger partial charge is 0.349 e. The Morgan fingerprint density at radius 1 is 1.62 bits per heavy atom. The van der Waals surface area contributed by atoms with Crippen LogP contribution >= 0.6 is 11.3 Å². The minimum Gasteiger partial charge on any atom is -0.486 e. The molecular formula is C10H12F2O3S. The average molecular weight is 250 g/mol. The van der Waals surface area contributed by atoms with Crippen LogP contribution in [0.15, 0.2) is 6.07 Å². The molecule has 1 rings (SSSR count). The lowest BCUT2D eigenvalue weighted by molar-refractivity contribution is 0.0671. The molecule has 16 heavy (non-hydrogen) atoms. The number of carboxylic acid groups (broad SMARTS) is 1. The van der Waals surface area contributed by atoms with Crippen LogP contribution in [-0.4, -0.2) is 24.1 Å². The second kappa shape index (κ2) is 5.79. The fourth-order valence-electron chi connectivity index (χ4n) is 1.20. The summed E-state index contributed by atoms with van der Waals surface area (Å²) in [5.74, 6) is -1.10. The number of rotatable bonds is 6. The summed E-state index contributed by atoms with van der Waals surface area (Å²) >= 11 is 1.07. The van der Waals surface area contributed by atoms with Gasteiger partial charge in [0.25, 0.3) is 6.43 Å². The van der Waals surface area contributed by atoms with Crippen LogP contribution in [-0.2, 0) is 6.42 Å². The molecule has 0 aliphatic heterocycles. The van der Waals surface area contributed by atoms with Crippen LogP contribution in [0.2, 0.25) is 0 Å². The second-order valence-electron chi connectivity index (χ2n) is 3.16. The Labute approximate surface area is 95.7 Å². The molecule has 0 aromatic carbocycles. The van der Waals surface area contributed by atoms with Crippen LogP contribution in [0.3, 0.4) is 0 Å². The van der Waals surface area contributed by atoms with E-state index in [4.69, 9.17) is 9.84 Å². The molecule has 0 radical (unpaired) electrons. The molecule has 6 heteroatoms. The number of aromatic carboxylic acids is 1. The van der Waals surface area contributed by atoms with E-state index in [2.05, 4.69) is 0 Å². The lowest BCUT2D eigenvalue weighted by atomic mass is 10.3. The van der Waals surface area contributed by atoms with Crippen LogP contribution in [0.5, 0.6) is 5.75 Å². The molecule has 0 aliphatic rings. The standard InChI is InChI=1S/C10H12F2O3S/c1-2-3-6-4-7(15-5-8(11)12)9(16-6)10(13)14/h4,8H,2-3,5H2,1H3,(H,13,14). The monoisotopic (exact) mass is 250 g/mol. The number of carbonyl (C=O) groups is 1. The molecule has 3 nitrogen and oxygen atoms in total. The molecule has 1 aromatic heterocycles. The third-order valence-electron chi connectivity index (χ3n) is 1.80. The molecular weight excluding hydrogens is 238 g/mol. The van der Waals surface area contributed by atoms with Gasteiger partial charge in [-0.2, -0.15) is 0 Å². The van der Waals surface area contributed by atoms with Crippen molar-refractivity contribution in [2.24, 2.45) is 0 Å². The van der Waals surface area contributed by atoms with E-state index in [9.17, 15) is 13.6 Å². The highest BCUT2D eigenvalue weighted by Gasteiger charge is 2.17. The topological polar surface area (TPSA) is 46.5 Å². The Morgan fingerprint density at radius 3 is 2.81 bits per heavy atom. The van der Waals surface area contributed by atoms with E-state index >= 15 is 0 Å². The number of hydrogen-bond donors (Lipinski definition) is 1. The average Bonchev–Trinajstić information content (AvgIpc) is 2.59. The molecule has 0 amide bonds. The van der Waals surface area contributed by atoms with E-state index in [-0.39, 0.29) is 10.6 Å². The second-order valence-corrected chi connectivity index (χ2v) is 4.30. The summed E-state index contributed by atoms with van der Waals surface area (Å²) in [6, 6.07) is 1.53. The van der Waals surface area contributed by atoms with Gasteiger partial charge in [0, 0.05) is 4.88 Å². The molecule has 1 heterocycles. The Kier molecular flexibility index (Phi) is 4.67. The van der Waals surface area contributed by atoms with Crippen molar-refractivity contribution in [3.63, 3.8) is 0 Å². The van der Waals surface area contributed by atoms with Crippen molar-refractivity contribution >= 4 is 17.3 Å². The largest absolute Gasteiger partial charge is 0.486 e. The molecule has 0 unspecified atom stereocenters. The number of ether oxygens (including phenoxy) is 1. The highest BCUT2D eigenvalue weighted by Crippen LogP contribution is 2.30. The molecule has 0 saturated heterocycles. The Morgan fingerprint density at radius 2 is 2.31 bits per heavy atom. The van der Waals surface area contributed by atoms with E-state index in [0.717, 1.165) is 29.1 Å². The molecule has 0 fully saturated rings. The van der Waals surface area contributed by atoms with Crippen molar-refractivity contribution in [1.82, 2.24) is 0 Å². The molecule has 0 saturated carbocycles. The quantitative estimate of drug-likeness (QED) is 0.844. The first-order valence-corrected chi connectivity index (χ1v) is 5.63. The van der Waals surface area contributed by atoms with E-state index in [1.54, 1.807) is 0 Å². The predicted molar refractivity (Wildman–Crippen MR) is 56.8 cm³/mol. The van der Waals surface area contributed by atoms with Crippen molar-refractivity contribution in [2.75, 3.05) is 6.61 Å². The maximum Gasteiger partial charge on any atom is 0.349 e. The van der Waals surface area contributed by atoms with Gasteiger partial charge in [0.1, 0.15) is 12.4 Å². The van der Waals surface area contributed by atoms with Crippen LogP contribution in [0.4, 0.5) is 8.78 Å². The highest BCUT2D eigenvalue weighted by atomic mass is 32.1. The van der Waals surface area contributed by atoms with E-state index in [1.807, 2.05) is 6.92 Å². The Balaban J connectivity index is 2.82. The summed E-state index contributed by atoms with van der Waals surface area (Å²) in [5, 5.41) is 8.86. The predicted octanol–water partition coefficient (Wildman–Crippen LogP) is 3.04. The van der Waals surface area contributed by atoms with Gasteiger partial charge in [0.2, 0.25) is 0 Å². The zero-order chi connectivity index (χ0) is 12.1. The molecule has 0 spiro atoms. The van der Waals surface area contributed by atoms with Gasteiger partial charge >= 0.3 is 5.97 Å². The fourth-order valence-corrected chi connectivity index (χ4v) is 2.24. The molecule has 0 bridgehead atoms. The minimum absolute atomic E-state index is 0.0101. The molecule has 90 valence electrons. The summed E-state index contributed by atoms with van der Waals surface area (Å²) in [5.41, 5.74) is 0. The van der Waals surface area contributed by atoms with Gasteiger partial charge in [-0.1, -0.05) is 13.3 Å². The zero-order valence-corrected chi connectivity index (χ0v) is 9.52. The van der Waals surface area contributed by atoms with Crippen molar-refractivity contribution < 1.29 is 23.4 Å². The molecule has 1 aromatic rings. The summed E-state index contributed by atoms with van der Waals surface area (Å²) < 4.78 is 28.6. The van der Waals surface area contributed by atoms with E-state index < -0.39 is 19.0 Å². The lowest BCUT2D eigenvalue weighted by Crippen LogP contribution is -2.08. The van der Waals surface area contributed by atoms with Crippen molar-refractivity contribution in [3.8, 4) is 5.75 Å². The number of aryl methyl sites for hydroxylation is 1. The maximum atomic E-state index is 11.9. The summed E-state index contributed by atoms with van der Waals surface area (Å²) in [6.45, 7) is 1.18. The van der Waals surface area contributed by atoms with Gasteiger partial charge in [-0.25, -0.2) is 13.6 Å². The number of alkyl halides is 2. The summed E-state index contributed by atoms with van der Waals surface area (Å²) in [7, 11) is 0. The third kappa shape index (κ3) is 3.44. The van der Waals surface area contributed by atoms with E-state index in [0.29, 0.717) is 0 Å². The first-order valence-electron chi connectivity index (χ1n) is 4.81. The van der Waals surface area contributed by atoms with E-state index in [1.165, 1.54) is 6.07 Å². The molecule has 1 N–H and O–H groups in total. The Bertz CT molecular complexity index is 363. The third-order valence-corrected chi connectivity index (χ3v) is 2.97. The number of carboxylic acids is 1. The van der Waals surface area contributed by atoms with Crippen molar-refractivity contribution in [2.45, 2.75) is 26.2 Å². The number of hydrogen-bond acceptors (Lipinski definition) is 3. The summed E-state index contributed by atoms with van der Waals surface area (Å²) in [6.07, 6.45) is -1.01. The van der Waals surface area contributed by atoms with Gasteiger partial charge in [0.15, 0.2) is 4.88 Å². The van der Waals surface area contributed by atoms with Crippen molar-refractivity contribution in [1.29, 1.82) is 0 Å². The maximum absolute atomic E-state index is 11.9. The van der Waals surface area contributed by atoms with Crippen LogP contribution < -0.4 is 4.74 Å². The number of thiophene rings is 1. The van der Waals surface area contributed by atoms with Crippen LogP contribution in [0, 0.1) is 0 Å². The molecule has 0 aliphatic carbocycles. The highest BCUT2D eigenvalue weighted by molar-refractivity contribution is 7.14. The van der Waals surface area contributed by atoms with Crippen molar-refractivity contribution in [3.05, 3.63) is 15.8 Å². The fraction of sp³-hybridized carbons (Fsp3) is 0.500. The van der Waals surface area contributed by atoms with Crippen LogP contribution in [0.1, 0.15) is 27.9 Å². The van der Waals surface area contributed by atoms with Gasteiger partial charge < -0.3 is 9.84 Å². The normalized spacial score (nSPS) is 10.8. The zero-order valence-electron chi connectivity index (χ0n) is 8.70. The first-order chi connectivity index (χ1) is 7.54. The first kappa shape index (κ1) is 12.9. The lowest BCUT2D eigenvalue weighted by Gasteiger charge is -2.03.